The first-order chi connectivity index (χ1) is 12.7. The number of rotatable bonds is 9. The number of hydrogen-bond acceptors (Lipinski definition) is 6. The van der Waals surface area contributed by atoms with E-state index in [-0.39, 0.29) is 35.8 Å². The largest absolute Gasteiger partial charge is 0.496 e. The minimum Gasteiger partial charge on any atom is -0.496 e. The molecule has 0 radical (unpaired) electrons. The number of guanidine groups is 1. The maximum Gasteiger partial charge on any atom is 0.341 e. The van der Waals surface area contributed by atoms with Gasteiger partial charge in [0, 0.05) is 18.8 Å². The highest BCUT2D eigenvalue weighted by atomic mass is 127. The summed E-state index contributed by atoms with van der Waals surface area (Å²) in [6.07, 6.45) is 1.72. The van der Waals surface area contributed by atoms with Crippen LogP contribution < -0.4 is 15.4 Å². The molecule has 0 amide bonds. The lowest BCUT2D eigenvalue weighted by Gasteiger charge is -2.17. The standard InChI is InChI=1S/C18H29N3O5S.HI/c1-6-19-18(21-13(2)9-10-27(5,23)24)20-12-14-7-8-15(17(22)26-4)16(11-14)25-3;/h7-8,11,13H,6,9-10,12H2,1-5H3,(H2,19,20,21);1H. The monoisotopic (exact) mass is 527 g/mol. The molecule has 0 saturated carbocycles. The van der Waals surface area contributed by atoms with Crippen LogP contribution in [0.15, 0.2) is 23.2 Å². The van der Waals surface area contributed by atoms with Crippen LogP contribution >= 0.6 is 24.0 Å². The molecule has 1 atom stereocenters. The van der Waals surface area contributed by atoms with Crippen molar-refractivity contribution in [2.45, 2.75) is 32.9 Å². The van der Waals surface area contributed by atoms with E-state index < -0.39 is 15.8 Å². The van der Waals surface area contributed by atoms with Gasteiger partial charge in [-0.1, -0.05) is 6.07 Å². The SMILES string of the molecule is CCNC(=NCc1ccc(C(=O)OC)c(OC)c1)NC(C)CCS(C)(=O)=O.I. The summed E-state index contributed by atoms with van der Waals surface area (Å²) in [6, 6.07) is 5.13. The van der Waals surface area contributed by atoms with Crippen molar-refractivity contribution in [1.82, 2.24) is 10.6 Å². The molecule has 1 rings (SSSR count). The van der Waals surface area contributed by atoms with E-state index >= 15 is 0 Å². The Morgan fingerprint density at radius 3 is 2.50 bits per heavy atom. The lowest BCUT2D eigenvalue weighted by Crippen LogP contribution is -2.42. The second kappa shape index (κ2) is 12.8. The minimum absolute atomic E-state index is 0. The number of carbonyl (C=O) groups excluding carboxylic acids is 1. The van der Waals surface area contributed by atoms with Gasteiger partial charge in [-0.2, -0.15) is 0 Å². The number of nitrogens with one attached hydrogen (secondary N) is 2. The summed E-state index contributed by atoms with van der Waals surface area (Å²) >= 11 is 0. The Morgan fingerprint density at radius 1 is 1.29 bits per heavy atom. The number of hydrogen-bond donors (Lipinski definition) is 2. The fourth-order valence-corrected chi connectivity index (χ4v) is 3.08. The second-order valence-corrected chi connectivity index (χ2v) is 8.45. The van der Waals surface area contributed by atoms with E-state index in [0.29, 0.717) is 36.8 Å². The van der Waals surface area contributed by atoms with Crippen molar-refractivity contribution in [3.63, 3.8) is 0 Å². The van der Waals surface area contributed by atoms with Gasteiger partial charge in [0.1, 0.15) is 21.2 Å². The summed E-state index contributed by atoms with van der Waals surface area (Å²) in [5.74, 6) is 0.674. The van der Waals surface area contributed by atoms with Crippen molar-refractivity contribution >= 4 is 45.7 Å². The highest BCUT2D eigenvalue weighted by Crippen LogP contribution is 2.21. The Kier molecular flexibility index (Phi) is 12.1. The first-order valence-corrected chi connectivity index (χ1v) is 10.7. The van der Waals surface area contributed by atoms with Crippen molar-refractivity contribution in [1.29, 1.82) is 0 Å². The third-order valence-corrected chi connectivity index (χ3v) is 4.72. The lowest BCUT2D eigenvalue weighted by atomic mass is 10.1. The number of ether oxygens (including phenoxy) is 2. The van der Waals surface area contributed by atoms with Crippen molar-refractivity contribution in [3.8, 4) is 5.75 Å². The molecule has 0 spiro atoms. The van der Waals surface area contributed by atoms with E-state index in [1.165, 1.54) is 20.5 Å². The molecule has 0 heterocycles. The van der Waals surface area contributed by atoms with Gasteiger partial charge < -0.3 is 20.1 Å². The van der Waals surface area contributed by atoms with E-state index in [0.717, 1.165) is 5.56 Å². The summed E-state index contributed by atoms with van der Waals surface area (Å²) in [7, 11) is -0.187. The average Bonchev–Trinajstić information content (AvgIpc) is 2.63. The maximum absolute atomic E-state index is 11.7. The Hall–Kier alpha value is -1.56. The Labute approximate surface area is 184 Å². The predicted molar refractivity (Wildman–Crippen MR) is 121 cm³/mol. The fraction of sp³-hybridized carbons (Fsp3) is 0.556. The van der Waals surface area contributed by atoms with Crippen LogP contribution in [0.5, 0.6) is 5.75 Å². The summed E-state index contributed by atoms with van der Waals surface area (Å²) in [4.78, 5) is 16.2. The van der Waals surface area contributed by atoms with E-state index in [1.807, 2.05) is 13.8 Å². The van der Waals surface area contributed by atoms with Crippen LogP contribution in [0.25, 0.3) is 0 Å². The van der Waals surface area contributed by atoms with Crippen LogP contribution in [-0.2, 0) is 21.1 Å². The van der Waals surface area contributed by atoms with Crippen LogP contribution in [0.2, 0.25) is 0 Å². The third-order valence-electron chi connectivity index (χ3n) is 3.74. The maximum atomic E-state index is 11.7. The Morgan fingerprint density at radius 2 is 1.96 bits per heavy atom. The number of halogens is 1. The van der Waals surface area contributed by atoms with Crippen LogP contribution in [-0.4, -0.2) is 59.2 Å². The Bertz CT molecular complexity index is 768. The molecule has 0 aliphatic rings. The van der Waals surface area contributed by atoms with Gasteiger partial charge in [-0.25, -0.2) is 18.2 Å². The average molecular weight is 527 g/mol. The number of nitrogens with zero attached hydrogens (tertiary/aromatic N) is 1. The van der Waals surface area contributed by atoms with E-state index in [2.05, 4.69) is 15.6 Å². The zero-order valence-electron chi connectivity index (χ0n) is 16.9. The molecule has 1 aromatic rings. The van der Waals surface area contributed by atoms with Crippen LogP contribution in [0, 0.1) is 0 Å². The van der Waals surface area contributed by atoms with Crippen molar-refractivity contribution in [3.05, 3.63) is 29.3 Å². The second-order valence-electron chi connectivity index (χ2n) is 6.19. The van der Waals surface area contributed by atoms with E-state index in [4.69, 9.17) is 9.47 Å². The van der Waals surface area contributed by atoms with Gasteiger partial charge in [0.2, 0.25) is 0 Å². The Balaban J connectivity index is 0.00000729. The zero-order valence-corrected chi connectivity index (χ0v) is 20.1. The molecule has 160 valence electrons. The molecule has 2 N–H and O–H groups in total. The molecule has 8 nitrogen and oxygen atoms in total. The molecule has 28 heavy (non-hydrogen) atoms. The fourth-order valence-electron chi connectivity index (χ4n) is 2.30. The number of sulfone groups is 1. The number of aliphatic imine (C=N–C) groups is 1. The van der Waals surface area contributed by atoms with Gasteiger partial charge in [0.05, 0.1) is 26.5 Å². The van der Waals surface area contributed by atoms with Gasteiger partial charge in [-0.3, -0.25) is 0 Å². The molecule has 0 fully saturated rings. The van der Waals surface area contributed by atoms with E-state index in [9.17, 15) is 13.2 Å². The van der Waals surface area contributed by atoms with E-state index in [1.54, 1.807) is 18.2 Å². The summed E-state index contributed by atoms with van der Waals surface area (Å²) < 4.78 is 32.6. The highest BCUT2D eigenvalue weighted by molar-refractivity contribution is 14.0. The first-order valence-electron chi connectivity index (χ1n) is 8.68. The van der Waals surface area contributed by atoms with Gasteiger partial charge in [0.15, 0.2) is 5.96 Å². The van der Waals surface area contributed by atoms with Gasteiger partial charge in [-0.05, 0) is 38.0 Å². The molecule has 10 heteroatoms. The first kappa shape index (κ1) is 26.4. The molecule has 0 aliphatic carbocycles. The smallest absolute Gasteiger partial charge is 0.341 e. The number of esters is 1. The van der Waals surface area contributed by atoms with Gasteiger partial charge in [0.25, 0.3) is 0 Å². The normalized spacial score (nSPS) is 12.5. The van der Waals surface area contributed by atoms with Gasteiger partial charge in [-0.15, -0.1) is 24.0 Å². The van der Waals surface area contributed by atoms with Crippen molar-refractivity contribution in [2.24, 2.45) is 4.99 Å². The molecule has 1 unspecified atom stereocenters. The molecular formula is C18H30IN3O5S. The zero-order chi connectivity index (χ0) is 20.4. The lowest BCUT2D eigenvalue weighted by molar-refractivity contribution is 0.0597. The molecule has 0 bridgehead atoms. The van der Waals surface area contributed by atoms with Crippen LogP contribution in [0.3, 0.4) is 0 Å². The molecule has 1 aromatic carbocycles. The highest BCUT2D eigenvalue weighted by Gasteiger charge is 2.13. The predicted octanol–water partition coefficient (Wildman–Crippen LogP) is 1.98. The molecular weight excluding hydrogens is 497 g/mol. The summed E-state index contributed by atoms with van der Waals surface area (Å²) in [5.41, 5.74) is 1.22. The molecule has 0 saturated heterocycles. The van der Waals surface area contributed by atoms with Crippen LogP contribution in [0.1, 0.15) is 36.2 Å². The molecule has 0 aromatic heterocycles. The van der Waals surface area contributed by atoms with Gasteiger partial charge >= 0.3 is 5.97 Å². The summed E-state index contributed by atoms with van der Waals surface area (Å²) in [5, 5.41) is 6.33. The number of benzene rings is 1. The van der Waals surface area contributed by atoms with Crippen LogP contribution in [0.4, 0.5) is 0 Å². The summed E-state index contributed by atoms with van der Waals surface area (Å²) in [6.45, 7) is 4.90. The van der Waals surface area contributed by atoms with Crippen molar-refractivity contribution in [2.75, 3.05) is 32.8 Å². The number of methoxy groups -OCH3 is 2. The number of carbonyl (C=O) groups is 1. The minimum atomic E-state index is -3.00. The molecule has 0 aliphatic heterocycles. The topological polar surface area (TPSA) is 106 Å². The van der Waals surface area contributed by atoms with Crippen molar-refractivity contribution < 1.29 is 22.7 Å². The third kappa shape index (κ3) is 9.58. The quantitative estimate of drug-likeness (QED) is 0.219.